The quantitative estimate of drug-likeness (QED) is 0.788. The lowest BCUT2D eigenvalue weighted by atomic mass is 10.1. The Hall–Kier alpha value is -2.42. The van der Waals surface area contributed by atoms with Crippen LogP contribution < -0.4 is 4.90 Å². The molecule has 1 aromatic heterocycles. The molecule has 0 atom stereocenters. The standard InChI is InChI=1S/C13H10F2N4/c14-12-9(7-16)1-2-10(13(12)15)19-6-5-18-4-3-17-11(18)8-19/h1-4H,5-6,8H2. The van der Waals surface area contributed by atoms with Gasteiger partial charge in [-0.05, 0) is 12.1 Å². The highest BCUT2D eigenvalue weighted by molar-refractivity contribution is 5.52. The highest BCUT2D eigenvalue weighted by Gasteiger charge is 2.22. The second kappa shape index (κ2) is 4.35. The van der Waals surface area contributed by atoms with Crippen LogP contribution in [-0.2, 0) is 13.1 Å². The third kappa shape index (κ3) is 1.83. The molecular weight excluding hydrogens is 250 g/mol. The summed E-state index contributed by atoms with van der Waals surface area (Å²) in [5.41, 5.74) is -0.106. The van der Waals surface area contributed by atoms with E-state index in [4.69, 9.17) is 5.26 Å². The minimum Gasteiger partial charge on any atom is -0.360 e. The minimum absolute atomic E-state index is 0.172. The average Bonchev–Trinajstić information content (AvgIpc) is 2.89. The van der Waals surface area contributed by atoms with Crippen molar-refractivity contribution in [3.8, 4) is 6.07 Å². The Kier molecular flexibility index (Phi) is 2.67. The third-order valence-electron chi connectivity index (χ3n) is 3.27. The fourth-order valence-electron chi connectivity index (χ4n) is 2.25. The molecule has 0 saturated carbocycles. The van der Waals surface area contributed by atoms with E-state index < -0.39 is 11.6 Å². The van der Waals surface area contributed by atoms with E-state index >= 15 is 0 Å². The van der Waals surface area contributed by atoms with Gasteiger partial charge in [0.1, 0.15) is 11.9 Å². The molecule has 1 aliphatic heterocycles. The molecule has 4 nitrogen and oxygen atoms in total. The molecule has 0 fully saturated rings. The number of aromatic nitrogens is 2. The van der Waals surface area contributed by atoms with Crippen LogP contribution in [0.2, 0.25) is 0 Å². The molecule has 0 unspecified atom stereocenters. The van der Waals surface area contributed by atoms with Gasteiger partial charge in [-0.2, -0.15) is 5.26 Å². The van der Waals surface area contributed by atoms with Gasteiger partial charge in [0, 0.05) is 25.5 Å². The van der Waals surface area contributed by atoms with Gasteiger partial charge in [0.05, 0.1) is 17.8 Å². The predicted molar refractivity (Wildman–Crippen MR) is 64.4 cm³/mol. The summed E-state index contributed by atoms with van der Waals surface area (Å²) in [5, 5.41) is 8.66. The predicted octanol–water partition coefficient (Wildman–Crippen LogP) is 2.05. The Morgan fingerprint density at radius 3 is 2.84 bits per heavy atom. The molecule has 0 saturated heterocycles. The summed E-state index contributed by atoms with van der Waals surface area (Å²) in [6.07, 6.45) is 3.55. The van der Waals surface area contributed by atoms with Gasteiger partial charge in [-0.15, -0.1) is 0 Å². The zero-order valence-electron chi connectivity index (χ0n) is 9.98. The molecule has 0 N–H and O–H groups in total. The first-order valence-electron chi connectivity index (χ1n) is 5.84. The molecule has 0 aliphatic carbocycles. The van der Waals surface area contributed by atoms with E-state index in [-0.39, 0.29) is 11.3 Å². The van der Waals surface area contributed by atoms with E-state index in [0.717, 1.165) is 5.82 Å². The zero-order valence-corrected chi connectivity index (χ0v) is 9.98. The number of nitriles is 1. The largest absolute Gasteiger partial charge is 0.360 e. The number of imidazole rings is 1. The summed E-state index contributed by atoms with van der Waals surface area (Å²) in [6, 6.07) is 4.37. The SMILES string of the molecule is N#Cc1ccc(N2CCn3ccnc3C2)c(F)c1F. The first-order valence-corrected chi connectivity index (χ1v) is 5.84. The number of halogens is 2. The molecular formula is C13H10F2N4. The summed E-state index contributed by atoms with van der Waals surface area (Å²) in [5.74, 6) is -1.25. The smallest absolute Gasteiger partial charge is 0.183 e. The monoisotopic (exact) mass is 260 g/mol. The highest BCUT2D eigenvalue weighted by Crippen LogP contribution is 2.26. The molecule has 6 heteroatoms. The van der Waals surface area contributed by atoms with Crippen molar-refractivity contribution in [2.24, 2.45) is 0 Å². The number of fused-ring (bicyclic) bond motifs is 1. The molecule has 0 radical (unpaired) electrons. The maximum atomic E-state index is 13.9. The van der Waals surface area contributed by atoms with Gasteiger partial charge < -0.3 is 9.47 Å². The van der Waals surface area contributed by atoms with Crippen LogP contribution in [0.5, 0.6) is 0 Å². The van der Waals surface area contributed by atoms with Gasteiger partial charge >= 0.3 is 0 Å². The van der Waals surface area contributed by atoms with E-state index in [9.17, 15) is 8.78 Å². The Bertz CT molecular complexity index is 672. The van der Waals surface area contributed by atoms with Gasteiger partial charge in [0.25, 0.3) is 0 Å². The molecule has 0 spiro atoms. The van der Waals surface area contributed by atoms with Crippen LogP contribution in [0.4, 0.5) is 14.5 Å². The highest BCUT2D eigenvalue weighted by atomic mass is 19.2. The number of rotatable bonds is 1. The van der Waals surface area contributed by atoms with E-state index in [1.54, 1.807) is 17.2 Å². The van der Waals surface area contributed by atoms with Crippen LogP contribution >= 0.6 is 0 Å². The van der Waals surface area contributed by atoms with Crippen molar-refractivity contribution < 1.29 is 8.78 Å². The zero-order chi connectivity index (χ0) is 13.4. The molecule has 1 aliphatic rings. The van der Waals surface area contributed by atoms with Crippen molar-refractivity contribution in [1.82, 2.24) is 9.55 Å². The van der Waals surface area contributed by atoms with Gasteiger partial charge in [-0.1, -0.05) is 0 Å². The van der Waals surface area contributed by atoms with Gasteiger partial charge in [-0.3, -0.25) is 0 Å². The fraction of sp³-hybridized carbons (Fsp3) is 0.231. The summed E-state index contributed by atoms with van der Waals surface area (Å²) >= 11 is 0. The molecule has 1 aromatic carbocycles. The van der Waals surface area contributed by atoms with Crippen LogP contribution in [0.15, 0.2) is 24.5 Å². The first kappa shape index (κ1) is 11.7. The Labute approximate surface area is 108 Å². The van der Waals surface area contributed by atoms with Crippen LogP contribution in [0.25, 0.3) is 0 Å². The average molecular weight is 260 g/mol. The second-order valence-corrected chi connectivity index (χ2v) is 4.33. The molecule has 3 rings (SSSR count). The number of hydrogen-bond acceptors (Lipinski definition) is 3. The van der Waals surface area contributed by atoms with Crippen molar-refractivity contribution in [1.29, 1.82) is 5.26 Å². The summed E-state index contributed by atoms with van der Waals surface area (Å²) < 4.78 is 29.5. The van der Waals surface area contributed by atoms with Gasteiger partial charge in [0.2, 0.25) is 0 Å². The van der Waals surface area contributed by atoms with Crippen LogP contribution in [0.3, 0.4) is 0 Å². The van der Waals surface area contributed by atoms with E-state index in [2.05, 4.69) is 4.98 Å². The number of nitrogens with zero attached hydrogens (tertiary/aromatic N) is 4. The maximum Gasteiger partial charge on any atom is 0.183 e. The number of hydrogen-bond donors (Lipinski definition) is 0. The van der Waals surface area contributed by atoms with Crippen LogP contribution in [-0.4, -0.2) is 16.1 Å². The summed E-state index contributed by atoms with van der Waals surface area (Å²) in [4.78, 5) is 5.90. The van der Waals surface area contributed by atoms with E-state index in [0.29, 0.717) is 19.6 Å². The third-order valence-corrected chi connectivity index (χ3v) is 3.27. The number of benzene rings is 1. The molecule has 2 heterocycles. The van der Waals surface area contributed by atoms with Crippen molar-refractivity contribution >= 4 is 5.69 Å². The van der Waals surface area contributed by atoms with Crippen molar-refractivity contribution in [3.63, 3.8) is 0 Å². The van der Waals surface area contributed by atoms with Crippen LogP contribution in [0, 0.1) is 23.0 Å². The Morgan fingerprint density at radius 1 is 1.21 bits per heavy atom. The topological polar surface area (TPSA) is 44.9 Å². The maximum absolute atomic E-state index is 13.9. The molecule has 0 bridgehead atoms. The molecule has 0 amide bonds. The van der Waals surface area contributed by atoms with E-state index in [1.807, 2.05) is 10.8 Å². The Morgan fingerprint density at radius 2 is 2.05 bits per heavy atom. The van der Waals surface area contributed by atoms with Crippen molar-refractivity contribution in [2.75, 3.05) is 11.4 Å². The minimum atomic E-state index is -1.09. The van der Waals surface area contributed by atoms with Crippen molar-refractivity contribution in [2.45, 2.75) is 13.1 Å². The molecule has 2 aromatic rings. The van der Waals surface area contributed by atoms with Crippen LogP contribution in [0.1, 0.15) is 11.4 Å². The fourth-order valence-corrected chi connectivity index (χ4v) is 2.25. The lowest BCUT2D eigenvalue weighted by Gasteiger charge is -2.29. The number of anilines is 1. The normalized spacial score (nSPS) is 14.1. The summed E-state index contributed by atoms with van der Waals surface area (Å²) in [6.45, 7) is 1.68. The van der Waals surface area contributed by atoms with Gasteiger partial charge in [-0.25, -0.2) is 13.8 Å². The Balaban J connectivity index is 1.97. The summed E-state index contributed by atoms with van der Waals surface area (Å²) in [7, 11) is 0. The second-order valence-electron chi connectivity index (χ2n) is 4.33. The lowest BCUT2D eigenvalue weighted by Crippen LogP contribution is -2.34. The molecule has 19 heavy (non-hydrogen) atoms. The van der Waals surface area contributed by atoms with Crippen molar-refractivity contribution in [3.05, 3.63) is 47.5 Å². The first-order chi connectivity index (χ1) is 9.20. The van der Waals surface area contributed by atoms with E-state index in [1.165, 1.54) is 12.1 Å². The van der Waals surface area contributed by atoms with Gasteiger partial charge in [0.15, 0.2) is 11.6 Å². The lowest BCUT2D eigenvalue weighted by molar-refractivity contribution is 0.493. The molecule has 96 valence electrons.